The van der Waals surface area contributed by atoms with Gasteiger partial charge in [-0.15, -0.1) is 0 Å². The van der Waals surface area contributed by atoms with Crippen LogP contribution in [-0.4, -0.2) is 29.5 Å². The van der Waals surface area contributed by atoms with Crippen LogP contribution in [0, 0.1) is 10.1 Å². The van der Waals surface area contributed by atoms with Crippen molar-refractivity contribution in [2.24, 2.45) is 0 Å². The maximum atomic E-state index is 12.4. The van der Waals surface area contributed by atoms with E-state index in [1.165, 1.54) is 25.3 Å². The molecule has 0 aliphatic heterocycles. The molecule has 0 atom stereocenters. The Kier molecular flexibility index (Phi) is 5.07. The van der Waals surface area contributed by atoms with Crippen LogP contribution in [-0.2, 0) is 6.42 Å². The summed E-state index contributed by atoms with van der Waals surface area (Å²) in [5.74, 6) is -0.126. The summed E-state index contributed by atoms with van der Waals surface area (Å²) in [6.07, 6.45) is 2.33. The molecule has 0 radical (unpaired) electrons. The number of hydrogen-bond acceptors (Lipinski definition) is 5. The molecule has 132 valence electrons. The second-order valence-corrected chi connectivity index (χ2v) is 5.64. The third kappa shape index (κ3) is 3.61. The monoisotopic (exact) mass is 351 g/mol. The van der Waals surface area contributed by atoms with Crippen LogP contribution in [0.25, 0.3) is 10.9 Å². The summed E-state index contributed by atoms with van der Waals surface area (Å²) in [7, 11) is 1.42. The fraction of sp³-hybridized carbons (Fsp3) is 0.158. The highest BCUT2D eigenvalue weighted by Gasteiger charge is 2.17. The molecule has 7 heteroatoms. The molecule has 0 saturated heterocycles. The average molecular weight is 351 g/mol. The Labute approximate surface area is 149 Å². The van der Waals surface area contributed by atoms with Gasteiger partial charge in [-0.25, -0.2) is 0 Å². The number of nitrogens with one attached hydrogen (secondary N) is 1. The van der Waals surface area contributed by atoms with Crippen molar-refractivity contribution in [3.05, 3.63) is 76.0 Å². The van der Waals surface area contributed by atoms with Gasteiger partial charge in [0.15, 0.2) is 0 Å². The summed E-state index contributed by atoms with van der Waals surface area (Å²) in [5, 5.41) is 14.7. The van der Waals surface area contributed by atoms with E-state index in [1.807, 2.05) is 30.3 Å². The van der Waals surface area contributed by atoms with E-state index in [9.17, 15) is 14.9 Å². The fourth-order valence-corrected chi connectivity index (χ4v) is 2.76. The SMILES string of the molecule is COc1ccc([N+](=O)[O-])cc1C(=O)NCCc1cccc2cccnc12. The first kappa shape index (κ1) is 17.3. The molecule has 3 aromatic rings. The maximum absolute atomic E-state index is 12.4. The van der Waals surface area contributed by atoms with Crippen LogP contribution in [0.5, 0.6) is 5.75 Å². The van der Waals surface area contributed by atoms with E-state index in [2.05, 4.69) is 10.3 Å². The lowest BCUT2D eigenvalue weighted by Crippen LogP contribution is -2.26. The van der Waals surface area contributed by atoms with Crippen LogP contribution in [0.15, 0.2) is 54.7 Å². The number of fused-ring (bicyclic) bond motifs is 1. The zero-order valence-electron chi connectivity index (χ0n) is 14.1. The second kappa shape index (κ2) is 7.60. The topological polar surface area (TPSA) is 94.4 Å². The fourth-order valence-electron chi connectivity index (χ4n) is 2.76. The van der Waals surface area contributed by atoms with E-state index < -0.39 is 10.8 Å². The number of carbonyl (C=O) groups excluding carboxylic acids is 1. The third-order valence-electron chi connectivity index (χ3n) is 4.03. The maximum Gasteiger partial charge on any atom is 0.270 e. The van der Waals surface area contributed by atoms with Gasteiger partial charge in [-0.3, -0.25) is 19.9 Å². The molecule has 7 nitrogen and oxygen atoms in total. The molecule has 0 saturated carbocycles. The number of pyridine rings is 1. The summed E-state index contributed by atoms with van der Waals surface area (Å²) in [4.78, 5) is 27.2. The number of non-ortho nitro benzene ring substituents is 1. The minimum Gasteiger partial charge on any atom is -0.496 e. The van der Waals surface area contributed by atoms with E-state index in [0.717, 1.165) is 16.5 Å². The van der Waals surface area contributed by atoms with Crippen molar-refractivity contribution in [3.63, 3.8) is 0 Å². The van der Waals surface area contributed by atoms with Crippen LogP contribution in [0.1, 0.15) is 15.9 Å². The number of aromatic nitrogens is 1. The van der Waals surface area contributed by atoms with Gasteiger partial charge in [0.2, 0.25) is 0 Å². The Morgan fingerprint density at radius 3 is 2.81 bits per heavy atom. The van der Waals surface area contributed by atoms with Gasteiger partial charge in [0.25, 0.3) is 11.6 Å². The Hall–Kier alpha value is -3.48. The molecule has 26 heavy (non-hydrogen) atoms. The predicted octanol–water partition coefficient (Wildman–Crippen LogP) is 3.12. The number of methoxy groups -OCH3 is 1. The summed E-state index contributed by atoms with van der Waals surface area (Å²) < 4.78 is 5.13. The first-order valence-electron chi connectivity index (χ1n) is 8.03. The minimum atomic E-state index is -0.544. The largest absolute Gasteiger partial charge is 0.496 e. The van der Waals surface area contributed by atoms with E-state index >= 15 is 0 Å². The Bertz CT molecular complexity index is 967. The van der Waals surface area contributed by atoms with Crippen LogP contribution < -0.4 is 10.1 Å². The third-order valence-corrected chi connectivity index (χ3v) is 4.03. The van der Waals surface area contributed by atoms with Crippen LogP contribution >= 0.6 is 0 Å². The Balaban J connectivity index is 1.73. The lowest BCUT2D eigenvalue weighted by molar-refractivity contribution is -0.384. The van der Waals surface area contributed by atoms with Gasteiger partial charge in [0.1, 0.15) is 5.75 Å². The lowest BCUT2D eigenvalue weighted by atomic mass is 10.1. The van der Waals surface area contributed by atoms with E-state index in [-0.39, 0.29) is 11.3 Å². The van der Waals surface area contributed by atoms with E-state index in [0.29, 0.717) is 18.7 Å². The number of carbonyl (C=O) groups is 1. The molecule has 0 aliphatic rings. The number of amides is 1. The van der Waals surface area contributed by atoms with Gasteiger partial charge < -0.3 is 10.1 Å². The van der Waals surface area contributed by atoms with Crippen LogP contribution in [0.4, 0.5) is 5.69 Å². The quantitative estimate of drug-likeness (QED) is 0.544. The van der Waals surface area contributed by atoms with Crippen molar-refractivity contribution in [1.29, 1.82) is 0 Å². The number of para-hydroxylation sites is 1. The van der Waals surface area contributed by atoms with Crippen molar-refractivity contribution >= 4 is 22.5 Å². The van der Waals surface area contributed by atoms with Gasteiger partial charge in [-0.1, -0.05) is 24.3 Å². The van der Waals surface area contributed by atoms with Gasteiger partial charge >= 0.3 is 0 Å². The average Bonchev–Trinajstić information content (AvgIpc) is 2.67. The smallest absolute Gasteiger partial charge is 0.270 e. The number of nitro benzene ring substituents is 1. The molecule has 1 aromatic heterocycles. The minimum absolute atomic E-state index is 0.137. The summed E-state index contributed by atoms with van der Waals surface area (Å²) in [6, 6.07) is 13.7. The Morgan fingerprint density at radius 1 is 1.23 bits per heavy atom. The van der Waals surface area contributed by atoms with Crippen molar-refractivity contribution in [3.8, 4) is 5.75 Å². The number of hydrogen-bond donors (Lipinski definition) is 1. The molecule has 0 unspecified atom stereocenters. The van der Waals surface area contributed by atoms with Crippen molar-refractivity contribution in [2.75, 3.05) is 13.7 Å². The summed E-state index contributed by atoms with van der Waals surface area (Å²) in [6.45, 7) is 0.375. The molecule has 1 N–H and O–H groups in total. The molecule has 3 rings (SSSR count). The summed E-state index contributed by atoms with van der Waals surface area (Å²) >= 11 is 0. The number of nitrogens with zero attached hydrogens (tertiary/aromatic N) is 2. The zero-order chi connectivity index (χ0) is 18.5. The first-order valence-corrected chi connectivity index (χ1v) is 8.03. The Morgan fingerprint density at radius 2 is 2.04 bits per heavy atom. The van der Waals surface area contributed by atoms with Crippen molar-refractivity contribution in [2.45, 2.75) is 6.42 Å². The molecule has 0 bridgehead atoms. The molecule has 2 aromatic carbocycles. The van der Waals surface area contributed by atoms with E-state index in [4.69, 9.17) is 4.74 Å². The van der Waals surface area contributed by atoms with Gasteiger partial charge in [-0.2, -0.15) is 0 Å². The van der Waals surface area contributed by atoms with Crippen LogP contribution in [0.3, 0.4) is 0 Å². The van der Waals surface area contributed by atoms with Gasteiger partial charge in [0.05, 0.1) is 23.1 Å². The molecule has 0 spiro atoms. The number of rotatable bonds is 6. The number of benzene rings is 2. The van der Waals surface area contributed by atoms with Gasteiger partial charge in [-0.05, 0) is 24.1 Å². The normalized spacial score (nSPS) is 10.5. The molecule has 0 fully saturated rings. The highest BCUT2D eigenvalue weighted by molar-refractivity contribution is 5.97. The van der Waals surface area contributed by atoms with Crippen molar-refractivity contribution < 1.29 is 14.5 Å². The van der Waals surface area contributed by atoms with Crippen molar-refractivity contribution in [1.82, 2.24) is 10.3 Å². The number of ether oxygens (including phenoxy) is 1. The molecular weight excluding hydrogens is 334 g/mol. The molecule has 0 aliphatic carbocycles. The number of nitro groups is 1. The van der Waals surface area contributed by atoms with E-state index in [1.54, 1.807) is 6.20 Å². The highest BCUT2D eigenvalue weighted by Crippen LogP contribution is 2.24. The zero-order valence-corrected chi connectivity index (χ0v) is 14.1. The highest BCUT2D eigenvalue weighted by atomic mass is 16.6. The predicted molar refractivity (Wildman–Crippen MR) is 97.4 cm³/mol. The van der Waals surface area contributed by atoms with Crippen LogP contribution in [0.2, 0.25) is 0 Å². The molecular formula is C19H17N3O4. The summed E-state index contributed by atoms with van der Waals surface area (Å²) in [5.41, 5.74) is 1.90. The lowest BCUT2D eigenvalue weighted by Gasteiger charge is -2.10. The molecule has 1 amide bonds. The van der Waals surface area contributed by atoms with Gasteiger partial charge in [0, 0.05) is 30.3 Å². The first-order chi connectivity index (χ1) is 12.6. The standard InChI is InChI=1S/C19H17N3O4/c1-26-17-8-7-15(22(24)25)12-16(17)19(23)21-11-9-14-5-2-4-13-6-3-10-20-18(13)14/h2-8,10,12H,9,11H2,1H3,(H,21,23). The second-order valence-electron chi connectivity index (χ2n) is 5.64. The molecule has 1 heterocycles.